The van der Waals surface area contributed by atoms with Gasteiger partial charge in [0, 0.05) is 161 Å². The minimum atomic E-state index is -1.58. The Bertz CT molecular complexity index is 6970. The van der Waals surface area contributed by atoms with Crippen molar-refractivity contribution in [1.82, 2.24) is 88.7 Å². The maximum absolute atomic E-state index is 15.9. The van der Waals surface area contributed by atoms with Crippen molar-refractivity contribution in [3.8, 4) is 63.7 Å². The number of amides is 4. The Morgan fingerprint density at radius 2 is 0.755 bits per heavy atom. The first kappa shape index (κ1) is 105. The number of likely N-dealkylation sites (tertiary alicyclic amines) is 4. The van der Waals surface area contributed by atoms with Crippen LogP contribution in [0.5, 0.6) is 0 Å². The molecule has 0 radical (unpaired) electrons. The number of benzene rings is 4. The van der Waals surface area contributed by atoms with Gasteiger partial charge in [-0.1, -0.05) is 115 Å². The van der Waals surface area contributed by atoms with E-state index in [9.17, 15) is 72.6 Å². The number of alkyl halides is 3. The average Bonchev–Trinajstić information content (AvgIpc) is 1.65. The second-order valence-corrected chi connectivity index (χ2v) is 37.6. The van der Waals surface area contributed by atoms with E-state index in [0.717, 1.165) is 53.6 Å². The number of carbonyl (C=O) groups excluding carboxylic acids is 8. The number of nitrogens with zero attached hydrogens (tertiary/aromatic N) is 22. The van der Waals surface area contributed by atoms with Crippen LogP contribution in [0.25, 0.3) is 39.5 Å². The third kappa shape index (κ3) is 24.6. The van der Waals surface area contributed by atoms with Gasteiger partial charge in [0.05, 0.1) is 176 Å². The summed E-state index contributed by atoms with van der Waals surface area (Å²) in [6.07, 6.45) is 10.1. The monoisotopic (exact) mass is 2010 g/mol. The van der Waals surface area contributed by atoms with Crippen molar-refractivity contribution in [3.05, 3.63) is 274 Å². The van der Waals surface area contributed by atoms with Gasteiger partial charge in [-0.3, -0.25) is 81.7 Å². The highest BCUT2D eigenvalue weighted by Crippen LogP contribution is 2.43. The van der Waals surface area contributed by atoms with Crippen molar-refractivity contribution >= 4 is 47.1 Å². The lowest BCUT2D eigenvalue weighted by molar-refractivity contribution is -0.140. The second kappa shape index (κ2) is 46.7. The third-order valence-electron chi connectivity index (χ3n) is 28.0. The molecule has 6 fully saturated rings. The first-order valence-electron chi connectivity index (χ1n) is 47.9. The van der Waals surface area contributed by atoms with Crippen LogP contribution in [0, 0.1) is 74.9 Å². The lowest BCUT2D eigenvalue weighted by Gasteiger charge is -2.43. The summed E-state index contributed by atoms with van der Waals surface area (Å²) in [5.41, 5.74) is 25.5. The van der Waals surface area contributed by atoms with Gasteiger partial charge < -0.3 is 32.4 Å². The fraction of sp³-hybridized carbons (Fsp3) is 0.381. The maximum Gasteiger partial charge on any atom is 0.311 e. The summed E-state index contributed by atoms with van der Waals surface area (Å²) >= 11 is 0. The largest absolute Gasteiger partial charge is 0.469 e. The highest BCUT2D eigenvalue weighted by atomic mass is 19.2. The van der Waals surface area contributed by atoms with E-state index in [4.69, 9.17) is 22.9 Å². The number of esters is 2. The van der Waals surface area contributed by atoms with E-state index in [-0.39, 0.29) is 172 Å². The van der Waals surface area contributed by atoms with Crippen molar-refractivity contribution in [2.24, 2.45) is 34.8 Å². The third-order valence-corrected chi connectivity index (χ3v) is 28.0. The Hall–Kier alpha value is -16.2. The van der Waals surface area contributed by atoms with Crippen molar-refractivity contribution in [2.45, 2.75) is 176 Å². The van der Waals surface area contributed by atoms with Crippen LogP contribution < -0.4 is 22.9 Å². The summed E-state index contributed by atoms with van der Waals surface area (Å²) in [5.74, 6) is -5.69. The summed E-state index contributed by atoms with van der Waals surface area (Å²) in [5, 5.41) is 64.0. The van der Waals surface area contributed by atoms with E-state index in [1.165, 1.54) is 57.7 Å². The first-order valence-corrected chi connectivity index (χ1v) is 47.9. The Kier molecular flexibility index (Phi) is 33.4. The number of ether oxygens (including phenoxy) is 2. The zero-order chi connectivity index (χ0) is 104. The van der Waals surface area contributed by atoms with E-state index in [1.807, 2.05) is 126 Å². The molecule has 0 bridgehead atoms. The number of halogens is 6. The number of methoxy groups -OCH3 is 2. The molecule has 4 aromatic carbocycles. The molecular formula is C105H108F6N26O10. The fourth-order valence-electron chi connectivity index (χ4n) is 19.1. The molecule has 18 rings (SSSR count). The zero-order valence-electron chi connectivity index (χ0n) is 80.8. The lowest BCUT2D eigenvalue weighted by atomic mass is 9.83. The number of carbonyl (C=O) groups is 8. The van der Waals surface area contributed by atoms with Crippen LogP contribution in [0.1, 0.15) is 170 Å². The summed E-state index contributed by atoms with van der Waals surface area (Å²) in [6.45, 7) is 3.56. The SMILES string of the molecule is COC(=O)Cc1nn(C2(CC#N)CCN(Cc3ccc(-c4ccccc4)nc3F)CC2F)cc1C(N)=O.COC(=O)Cc1nn(C2(CC#N)CCN(Cc3ccc(-n4nccn4)cc3)CC2F)cc1C(N)=O.N#CCC1(n2cc(C(N)=O)c(CC(=O)C3CC3)n2)CCN(Cc2ccc(-c3ccccc3)nc2F)CC1F.N#CCC1(n2cc(C(N)=O)c(CC(=O)C3CC3)n2)CCN(Cc2cnc(-c3ccccc3)cc2F)CC1. The van der Waals surface area contributed by atoms with Crippen molar-refractivity contribution in [2.75, 3.05) is 66.6 Å². The molecule has 4 amide bonds. The quantitative estimate of drug-likeness (QED) is 0.0165. The van der Waals surface area contributed by atoms with Gasteiger partial charge in [0.1, 0.15) is 52.5 Å². The minimum absolute atomic E-state index is 0.00843. The standard InChI is InChI=1S/C28H28F2N6O2.C28H29FN6O2.C26H26F2N6O3.C23H25FN8O3/c29-25-17-35(15-20-8-9-22(33-26(20)30)18-4-2-1-3-5-18)13-11-28(25,10-12-31)36-16-21(27(32)38)23(34-36)14-24(37)19-6-7-19;29-23-14-24(19-4-2-1-3-5-19)32-16-21(23)17-34-12-9-28(8-11-30,10-13-34)35-18-22(27(31)37)25(33-35)15-26(36)20-6-7-20;1-37-23(35)13-21-19(25(30)36)15-34(32-21)26(9-11-29)10-12-33(16-22(26)27)14-18-7-8-20(31-24(18)28)17-5-3-2-4-6-17;1-35-21(33)12-19-18(22(26)34)14-31(29-19)23(6-8-25)7-11-30(15-20(23)24)13-16-2-4-17(5-3-16)32-27-9-10-28-32/h1-5,8-9,16,19,25H,6-7,10-11,13-15,17H2,(H2,32,38);1-5,14,16,18,20H,6-10,12-13,15,17H2,(H2,31,37);2-8,15,22H,9-10,12-14,16H2,1H3,(H2,30,36);2-5,9-10,14,20H,6-7,11-13,15H2,1H3,(H2,26,34). The molecule has 6 atom stereocenters. The Morgan fingerprint density at radius 3 is 1.10 bits per heavy atom. The number of pyridine rings is 3. The molecule has 2 saturated carbocycles. The van der Waals surface area contributed by atoms with Gasteiger partial charge in [-0.05, 0) is 87.6 Å². The number of piperidine rings is 4. The van der Waals surface area contributed by atoms with E-state index < -0.39 is 88.1 Å². The van der Waals surface area contributed by atoms with Gasteiger partial charge in [-0.15, -0.1) is 0 Å². The lowest BCUT2D eigenvalue weighted by Crippen LogP contribution is -2.54. The predicted molar refractivity (Wildman–Crippen MR) is 519 cm³/mol. The number of rotatable bonds is 34. The van der Waals surface area contributed by atoms with Gasteiger partial charge in [0.2, 0.25) is 11.9 Å². The van der Waals surface area contributed by atoms with Crippen LogP contribution in [0.2, 0.25) is 0 Å². The number of ketones is 2. The average molecular weight is 2010 g/mol. The molecule has 4 saturated heterocycles. The summed E-state index contributed by atoms with van der Waals surface area (Å²) in [4.78, 5) is 118. The van der Waals surface area contributed by atoms with Gasteiger partial charge in [0.25, 0.3) is 23.6 Å². The first-order chi connectivity index (χ1) is 70.8. The molecule has 147 heavy (non-hydrogen) atoms. The number of nitrogens with two attached hydrogens (primary N) is 4. The molecule has 8 aromatic heterocycles. The zero-order valence-corrected chi connectivity index (χ0v) is 80.8. The highest BCUT2D eigenvalue weighted by Gasteiger charge is 2.51. The number of Topliss-reactive ketones (excluding diaryl/α,β-unsaturated/α-hetero) is 2. The van der Waals surface area contributed by atoms with E-state index >= 15 is 13.2 Å². The van der Waals surface area contributed by atoms with Crippen LogP contribution in [0.15, 0.2) is 189 Å². The van der Waals surface area contributed by atoms with E-state index in [1.54, 1.807) is 63.5 Å². The molecule has 12 heterocycles. The number of aromatic nitrogens is 14. The molecule has 2 aliphatic carbocycles. The molecule has 6 unspecified atom stereocenters. The predicted octanol–water partition coefficient (Wildman–Crippen LogP) is 11.1. The Balaban J connectivity index is 0.000000147. The molecule has 12 aromatic rings. The van der Waals surface area contributed by atoms with Gasteiger partial charge in [-0.2, -0.15) is 65.2 Å². The van der Waals surface area contributed by atoms with Crippen molar-refractivity contribution in [3.63, 3.8) is 0 Å². The molecule has 8 N–H and O–H groups in total. The molecule has 0 spiro atoms. The number of hydrogen-bond acceptors (Lipinski definition) is 27. The molecule has 42 heteroatoms. The molecule has 6 aliphatic rings. The fourth-order valence-corrected chi connectivity index (χ4v) is 19.1. The number of primary amides is 4. The second-order valence-electron chi connectivity index (χ2n) is 37.6. The van der Waals surface area contributed by atoms with E-state index in [0.29, 0.717) is 98.1 Å². The Labute approximate surface area is 841 Å². The smallest absolute Gasteiger partial charge is 0.311 e. The van der Waals surface area contributed by atoms with Crippen LogP contribution >= 0.6 is 0 Å². The Morgan fingerprint density at radius 1 is 0.408 bits per heavy atom. The van der Waals surface area contributed by atoms with Crippen LogP contribution in [0.4, 0.5) is 26.3 Å². The minimum Gasteiger partial charge on any atom is -0.469 e. The molecule has 760 valence electrons. The number of hydrogen-bond donors (Lipinski definition) is 4. The summed E-state index contributed by atoms with van der Waals surface area (Å²) in [6, 6.07) is 52.3. The maximum atomic E-state index is 15.9. The van der Waals surface area contributed by atoms with Gasteiger partial charge in [0.15, 0.2) is 0 Å². The number of nitriles is 4. The molecular weight excluding hydrogens is 1900 g/mol. The highest BCUT2D eigenvalue weighted by molar-refractivity contribution is 5.98. The van der Waals surface area contributed by atoms with Crippen LogP contribution in [-0.4, -0.2) is 221 Å². The van der Waals surface area contributed by atoms with Gasteiger partial charge in [-0.25, -0.2) is 27.5 Å². The topological polar surface area (TPSA) is 508 Å². The summed E-state index contributed by atoms with van der Waals surface area (Å²) < 4.78 is 107. The van der Waals surface area contributed by atoms with Crippen molar-refractivity contribution < 1.29 is 74.2 Å². The van der Waals surface area contributed by atoms with Crippen LogP contribution in [-0.2, 0) is 103 Å². The summed E-state index contributed by atoms with van der Waals surface area (Å²) in [7, 11) is 2.41. The van der Waals surface area contributed by atoms with Gasteiger partial charge >= 0.3 is 11.9 Å². The van der Waals surface area contributed by atoms with Crippen LogP contribution in [0.3, 0.4) is 0 Å². The molecule has 4 aliphatic heterocycles. The van der Waals surface area contributed by atoms with E-state index in [2.05, 4.69) is 78.1 Å². The molecule has 36 nitrogen and oxygen atoms in total. The van der Waals surface area contributed by atoms with Crippen molar-refractivity contribution in [1.29, 1.82) is 21.0 Å². The normalized spacial score (nSPS) is 19.8.